The first-order valence-electron chi connectivity index (χ1n) is 6.34. The van der Waals surface area contributed by atoms with Crippen LogP contribution < -0.4 is 10.6 Å². The predicted molar refractivity (Wildman–Crippen MR) is 74.3 cm³/mol. The van der Waals surface area contributed by atoms with E-state index in [-0.39, 0.29) is 0 Å². The fraction of sp³-hybridized carbons (Fsp3) is 0.643. The van der Waals surface area contributed by atoms with Gasteiger partial charge in [-0.25, -0.2) is 0 Å². The molecule has 0 fully saturated rings. The smallest absolute Gasteiger partial charge is 0.0445 e. The van der Waals surface area contributed by atoms with Crippen molar-refractivity contribution in [1.29, 1.82) is 0 Å². The van der Waals surface area contributed by atoms with Crippen LogP contribution in [-0.2, 0) is 6.54 Å². The van der Waals surface area contributed by atoms with Gasteiger partial charge in [-0.05, 0) is 32.3 Å². The molecule has 1 aromatic heterocycles. The van der Waals surface area contributed by atoms with Crippen LogP contribution in [0.25, 0.3) is 0 Å². The number of nitrogens with zero attached hydrogens (tertiary/aromatic N) is 2. The van der Waals surface area contributed by atoms with E-state index in [0.717, 1.165) is 23.9 Å². The van der Waals surface area contributed by atoms with E-state index < -0.39 is 0 Å². The summed E-state index contributed by atoms with van der Waals surface area (Å²) in [5, 5.41) is 0. The number of aryl methyl sites for hydroxylation is 2. The molecule has 96 valence electrons. The van der Waals surface area contributed by atoms with Gasteiger partial charge in [0.15, 0.2) is 0 Å². The molecule has 3 nitrogen and oxygen atoms in total. The summed E-state index contributed by atoms with van der Waals surface area (Å²) in [7, 11) is 2.13. The molecule has 0 aliphatic rings. The zero-order valence-corrected chi connectivity index (χ0v) is 11.7. The maximum atomic E-state index is 5.83. The van der Waals surface area contributed by atoms with Gasteiger partial charge in [0.05, 0.1) is 0 Å². The molecule has 3 heteroatoms. The Hall–Kier alpha value is -1.09. The van der Waals surface area contributed by atoms with Crippen LogP contribution in [0.5, 0.6) is 0 Å². The number of anilines is 1. The Morgan fingerprint density at radius 2 is 2.00 bits per heavy atom. The Balaban J connectivity index is 2.95. The fourth-order valence-corrected chi connectivity index (χ4v) is 2.00. The topological polar surface area (TPSA) is 42.1 Å². The van der Waals surface area contributed by atoms with Gasteiger partial charge in [-0.2, -0.15) is 0 Å². The van der Waals surface area contributed by atoms with Crippen molar-refractivity contribution in [3.63, 3.8) is 0 Å². The Bertz CT molecular complexity index is 372. The lowest BCUT2D eigenvalue weighted by Gasteiger charge is -2.24. The van der Waals surface area contributed by atoms with E-state index in [1.165, 1.54) is 17.7 Å². The molecule has 0 aliphatic heterocycles. The first kappa shape index (κ1) is 14.0. The number of nitrogens with two attached hydrogens (primary N) is 1. The van der Waals surface area contributed by atoms with Crippen molar-refractivity contribution in [2.75, 3.05) is 18.5 Å². The third-order valence-corrected chi connectivity index (χ3v) is 3.09. The molecule has 0 aliphatic carbocycles. The molecule has 0 radical (unpaired) electrons. The van der Waals surface area contributed by atoms with E-state index in [9.17, 15) is 0 Å². The second-order valence-electron chi connectivity index (χ2n) is 5.15. The van der Waals surface area contributed by atoms with Crippen LogP contribution in [0.1, 0.15) is 37.2 Å². The maximum Gasteiger partial charge on any atom is 0.0445 e. The van der Waals surface area contributed by atoms with Gasteiger partial charge in [0.25, 0.3) is 0 Å². The van der Waals surface area contributed by atoms with Gasteiger partial charge in [0.1, 0.15) is 0 Å². The van der Waals surface area contributed by atoms with Gasteiger partial charge >= 0.3 is 0 Å². The zero-order valence-electron chi connectivity index (χ0n) is 11.7. The largest absolute Gasteiger partial charge is 0.374 e. The number of hydrogen-bond donors (Lipinski definition) is 1. The van der Waals surface area contributed by atoms with Crippen molar-refractivity contribution < 1.29 is 0 Å². The van der Waals surface area contributed by atoms with E-state index in [1.54, 1.807) is 0 Å². The zero-order chi connectivity index (χ0) is 13.0. The predicted octanol–water partition coefficient (Wildman–Crippen LogP) is 2.64. The van der Waals surface area contributed by atoms with Crippen LogP contribution in [0, 0.1) is 19.8 Å². The molecule has 0 spiro atoms. The maximum absolute atomic E-state index is 5.83. The van der Waals surface area contributed by atoms with Crippen molar-refractivity contribution in [2.45, 2.75) is 40.7 Å². The fourth-order valence-electron chi connectivity index (χ4n) is 2.00. The third-order valence-electron chi connectivity index (χ3n) is 3.09. The van der Waals surface area contributed by atoms with Crippen LogP contribution in [-0.4, -0.2) is 18.6 Å². The molecule has 0 aromatic carbocycles. The third kappa shape index (κ3) is 3.70. The summed E-state index contributed by atoms with van der Waals surface area (Å²) in [5.74, 6) is 0.725. The standard InChI is InChI=1S/C14H25N3/c1-10(2)6-7-17(5)14-8-11(3)16-12(4)13(14)9-15/h8,10H,6-7,9,15H2,1-5H3. The van der Waals surface area contributed by atoms with Crippen molar-refractivity contribution in [3.05, 3.63) is 23.0 Å². The number of pyridine rings is 1. The Morgan fingerprint density at radius 3 is 2.53 bits per heavy atom. The summed E-state index contributed by atoms with van der Waals surface area (Å²) >= 11 is 0. The molecule has 0 unspecified atom stereocenters. The molecule has 1 aromatic rings. The van der Waals surface area contributed by atoms with E-state index in [4.69, 9.17) is 5.73 Å². The molecule has 2 N–H and O–H groups in total. The minimum Gasteiger partial charge on any atom is -0.374 e. The van der Waals surface area contributed by atoms with Gasteiger partial charge in [-0.15, -0.1) is 0 Å². The Kier molecular flexibility index (Phi) is 4.94. The highest BCUT2D eigenvalue weighted by molar-refractivity contribution is 5.55. The molecule has 0 saturated heterocycles. The molecular formula is C14H25N3. The first-order valence-corrected chi connectivity index (χ1v) is 6.34. The summed E-state index contributed by atoms with van der Waals surface area (Å²) in [6.07, 6.45) is 1.20. The van der Waals surface area contributed by atoms with Gasteiger partial charge < -0.3 is 10.6 Å². The van der Waals surface area contributed by atoms with E-state index in [1.807, 2.05) is 13.8 Å². The van der Waals surface area contributed by atoms with Gasteiger partial charge in [-0.1, -0.05) is 13.8 Å². The minimum absolute atomic E-state index is 0.556. The minimum atomic E-state index is 0.556. The molecule has 0 bridgehead atoms. The van der Waals surface area contributed by atoms with Gasteiger partial charge in [0, 0.05) is 42.8 Å². The Morgan fingerprint density at radius 1 is 1.35 bits per heavy atom. The van der Waals surface area contributed by atoms with E-state index in [0.29, 0.717) is 6.54 Å². The average Bonchev–Trinajstić information content (AvgIpc) is 2.24. The first-order chi connectivity index (χ1) is 7.95. The molecular weight excluding hydrogens is 210 g/mol. The van der Waals surface area contributed by atoms with Gasteiger partial charge in [0.2, 0.25) is 0 Å². The second kappa shape index (κ2) is 6.01. The number of hydrogen-bond acceptors (Lipinski definition) is 3. The summed E-state index contributed by atoms with van der Waals surface area (Å²) in [6.45, 7) is 10.2. The molecule has 1 heterocycles. The number of rotatable bonds is 5. The summed E-state index contributed by atoms with van der Waals surface area (Å²) in [5.41, 5.74) is 10.3. The van der Waals surface area contributed by atoms with Crippen LogP contribution in [0.2, 0.25) is 0 Å². The highest BCUT2D eigenvalue weighted by Crippen LogP contribution is 2.23. The van der Waals surface area contributed by atoms with Crippen molar-refractivity contribution in [2.24, 2.45) is 11.7 Å². The van der Waals surface area contributed by atoms with E-state index in [2.05, 4.69) is 36.8 Å². The van der Waals surface area contributed by atoms with Crippen LogP contribution in [0.3, 0.4) is 0 Å². The SMILES string of the molecule is Cc1cc(N(C)CCC(C)C)c(CN)c(C)n1. The summed E-state index contributed by atoms with van der Waals surface area (Å²) in [6, 6.07) is 2.13. The number of aromatic nitrogens is 1. The molecule has 0 saturated carbocycles. The molecule has 0 atom stereocenters. The van der Waals surface area contributed by atoms with Crippen LogP contribution in [0.4, 0.5) is 5.69 Å². The quantitative estimate of drug-likeness (QED) is 0.853. The molecule has 1 rings (SSSR count). The second-order valence-corrected chi connectivity index (χ2v) is 5.15. The van der Waals surface area contributed by atoms with E-state index >= 15 is 0 Å². The van der Waals surface area contributed by atoms with Crippen molar-refractivity contribution >= 4 is 5.69 Å². The normalized spacial score (nSPS) is 11.0. The molecule has 0 amide bonds. The highest BCUT2D eigenvalue weighted by Gasteiger charge is 2.11. The summed E-state index contributed by atoms with van der Waals surface area (Å²) in [4.78, 5) is 6.77. The lowest BCUT2D eigenvalue weighted by Crippen LogP contribution is -2.23. The van der Waals surface area contributed by atoms with Crippen molar-refractivity contribution in [1.82, 2.24) is 4.98 Å². The monoisotopic (exact) mass is 235 g/mol. The lowest BCUT2D eigenvalue weighted by atomic mass is 10.1. The lowest BCUT2D eigenvalue weighted by molar-refractivity contribution is 0.584. The Labute approximate surface area is 105 Å². The molecule has 17 heavy (non-hydrogen) atoms. The average molecular weight is 235 g/mol. The van der Waals surface area contributed by atoms with Crippen molar-refractivity contribution in [3.8, 4) is 0 Å². The van der Waals surface area contributed by atoms with Crippen LogP contribution >= 0.6 is 0 Å². The van der Waals surface area contributed by atoms with Gasteiger partial charge in [-0.3, -0.25) is 4.98 Å². The summed E-state index contributed by atoms with van der Waals surface area (Å²) < 4.78 is 0. The van der Waals surface area contributed by atoms with Crippen LogP contribution in [0.15, 0.2) is 6.07 Å². The highest BCUT2D eigenvalue weighted by atomic mass is 15.1.